The van der Waals surface area contributed by atoms with Gasteiger partial charge >= 0.3 is 6.18 Å². The van der Waals surface area contributed by atoms with Crippen molar-refractivity contribution in [3.8, 4) is 0 Å². The molecule has 0 aliphatic carbocycles. The van der Waals surface area contributed by atoms with E-state index in [0.717, 1.165) is 5.56 Å². The summed E-state index contributed by atoms with van der Waals surface area (Å²) in [5.74, 6) is -0.503. The minimum absolute atomic E-state index is 0.240. The van der Waals surface area contributed by atoms with E-state index in [-0.39, 0.29) is 6.54 Å². The minimum atomic E-state index is -4.43. The van der Waals surface area contributed by atoms with Crippen molar-refractivity contribution in [3.63, 3.8) is 0 Å². The third kappa shape index (κ3) is 5.79. The molecule has 0 fully saturated rings. The summed E-state index contributed by atoms with van der Waals surface area (Å²) >= 11 is 5.98. The highest BCUT2D eigenvalue weighted by Crippen LogP contribution is 2.17. The second kappa shape index (κ2) is 7.50. The van der Waals surface area contributed by atoms with Crippen LogP contribution in [0.3, 0.4) is 0 Å². The molecule has 112 valence electrons. The molecule has 1 aromatic carbocycles. The molecule has 7 heteroatoms. The fraction of sp³-hybridized carbons (Fsp3) is 0.462. The molecule has 0 bridgehead atoms. The van der Waals surface area contributed by atoms with Crippen LogP contribution in [0, 0.1) is 0 Å². The quantitative estimate of drug-likeness (QED) is 0.807. The molecule has 3 nitrogen and oxygen atoms in total. The van der Waals surface area contributed by atoms with Gasteiger partial charge in [0.05, 0.1) is 0 Å². The van der Waals surface area contributed by atoms with Crippen LogP contribution >= 0.6 is 11.6 Å². The molecule has 0 unspecified atom stereocenters. The van der Waals surface area contributed by atoms with Gasteiger partial charge in [0.15, 0.2) is 0 Å². The zero-order chi connectivity index (χ0) is 15.2. The van der Waals surface area contributed by atoms with Crippen molar-refractivity contribution in [2.24, 2.45) is 0 Å². The number of benzene rings is 1. The van der Waals surface area contributed by atoms with Crippen LogP contribution in [0.15, 0.2) is 24.3 Å². The Hall–Kier alpha value is -1.27. The first-order chi connectivity index (χ1) is 9.33. The lowest BCUT2D eigenvalue weighted by atomic mass is 10.2. The predicted molar refractivity (Wildman–Crippen MR) is 69.4 cm³/mol. The molecule has 1 aromatic rings. The van der Waals surface area contributed by atoms with Crippen molar-refractivity contribution in [2.75, 3.05) is 19.8 Å². The van der Waals surface area contributed by atoms with Crippen LogP contribution in [0.25, 0.3) is 0 Å². The van der Waals surface area contributed by atoms with Crippen molar-refractivity contribution in [3.05, 3.63) is 34.9 Å². The molecular weight excluding hydrogens is 295 g/mol. The van der Waals surface area contributed by atoms with Crippen molar-refractivity contribution in [2.45, 2.75) is 19.6 Å². The number of likely N-dealkylation sites (N-methyl/N-ethyl adjacent to an activating group) is 1. The van der Waals surface area contributed by atoms with E-state index in [9.17, 15) is 18.0 Å². The van der Waals surface area contributed by atoms with Gasteiger partial charge in [-0.15, -0.1) is 0 Å². The first kappa shape index (κ1) is 16.8. The van der Waals surface area contributed by atoms with Gasteiger partial charge in [0.1, 0.15) is 13.2 Å². The van der Waals surface area contributed by atoms with Crippen molar-refractivity contribution >= 4 is 17.5 Å². The number of halogens is 4. The van der Waals surface area contributed by atoms with Gasteiger partial charge in [-0.2, -0.15) is 13.2 Å². The zero-order valence-electron chi connectivity index (χ0n) is 10.9. The number of carbonyl (C=O) groups excluding carboxylic acids is 1. The number of hydrogen-bond acceptors (Lipinski definition) is 2. The average molecular weight is 310 g/mol. The fourth-order valence-electron chi connectivity index (χ4n) is 1.55. The first-order valence-corrected chi connectivity index (χ1v) is 6.37. The highest BCUT2D eigenvalue weighted by Gasteiger charge is 2.28. The Balaban J connectivity index is 2.54. The van der Waals surface area contributed by atoms with Crippen LogP contribution in [0.1, 0.15) is 12.5 Å². The Morgan fingerprint density at radius 1 is 1.35 bits per heavy atom. The maximum Gasteiger partial charge on any atom is 0.411 e. The van der Waals surface area contributed by atoms with Gasteiger partial charge in [-0.25, -0.2) is 0 Å². The van der Waals surface area contributed by atoms with Gasteiger partial charge < -0.3 is 9.64 Å². The molecule has 1 rings (SSSR count). The van der Waals surface area contributed by atoms with Gasteiger partial charge in [0.25, 0.3) is 0 Å². The summed E-state index contributed by atoms with van der Waals surface area (Å²) in [6, 6.07) is 6.99. The smallest absolute Gasteiger partial charge is 0.362 e. The average Bonchev–Trinajstić information content (AvgIpc) is 2.36. The number of amides is 1. The Bertz CT molecular complexity index is 451. The number of hydrogen-bond donors (Lipinski definition) is 0. The van der Waals surface area contributed by atoms with E-state index < -0.39 is 25.3 Å². The van der Waals surface area contributed by atoms with Crippen LogP contribution in [-0.4, -0.2) is 36.7 Å². The number of nitrogens with zero attached hydrogens (tertiary/aromatic N) is 1. The van der Waals surface area contributed by atoms with Crippen LogP contribution in [-0.2, 0) is 16.1 Å². The van der Waals surface area contributed by atoms with E-state index in [1.54, 1.807) is 31.2 Å². The third-order valence-electron chi connectivity index (χ3n) is 2.54. The molecule has 20 heavy (non-hydrogen) atoms. The second-order valence-corrected chi connectivity index (χ2v) is 4.51. The topological polar surface area (TPSA) is 29.5 Å². The molecule has 0 heterocycles. The summed E-state index contributed by atoms with van der Waals surface area (Å²) < 4.78 is 40.1. The van der Waals surface area contributed by atoms with Crippen LogP contribution in [0.2, 0.25) is 5.02 Å². The second-order valence-electron chi connectivity index (χ2n) is 4.11. The Morgan fingerprint density at radius 3 is 2.55 bits per heavy atom. The van der Waals surface area contributed by atoms with E-state index in [2.05, 4.69) is 4.74 Å². The molecule has 0 atom stereocenters. The normalized spacial score (nSPS) is 11.4. The van der Waals surface area contributed by atoms with E-state index in [4.69, 9.17) is 11.6 Å². The Kier molecular flexibility index (Phi) is 6.29. The molecule has 0 N–H and O–H groups in total. The standard InChI is InChI=1S/C13H15ClF3NO2/c1-2-18(7-10-5-3-4-6-11(10)14)12(19)8-20-9-13(15,16)17/h3-6H,2,7-9H2,1H3. The van der Waals surface area contributed by atoms with Gasteiger partial charge in [-0.1, -0.05) is 29.8 Å². The van der Waals surface area contributed by atoms with Crippen LogP contribution in [0.5, 0.6) is 0 Å². The van der Waals surface area contributed by atoms with Gasteiger partial charge in [0.2, 0.25) is 5.91 Å². The molecule has 0 saturated carbocycles. The fourth-order valence-corrected chi connectivity index (χ4v) is 1.75. The van der Waals surface area contributed by atoms with Gasteiger partial charge in [-0.05, 0) is 18.6 Å². The lowest BCUT2D eigenvalue weighted by molar-refractivity contribution is -0.177. The number of carbonyl (C=O) groups is 1. The maximum absolute atomic E-state index is 11.9. The molecular formula is C13H15ClF3NO2. The van der Waals surface area contributed by atoms with Gasteiger partial charge in [0, 0.05) is 18.1 Å². The largest absolute Gasteiger partial charge is 0.411 e. The molecule has 0 aliphatic rings. The van der Waals surface area contributed by atoms with Gasteiger partial charge in [-0.3, -0.25) is 4.79 Å². The van der Waals surface area contributed by atoms with E-state index in [0.29, 0.717) is 11.6 Å². The summed E-state index contributed by atoms with van der Waals surface area (Å²) in [6.45, 7) is 0.308. The predicted octanol–water partition coefficient (Wildman–Crippen LogP) is 3.27. The number of ether oxygens (including phenoxy) is 1. The Labute approximate surface area is 120 Å². The summed E-state index contributed by atoms with van der Waals surface area (Å²) in [5.41, 5.74) is 0.736. The highest BCUT2D eigenvalue weighted by molar-refractivity contribution is 6.31. The monoisotopic (exact) mass is 309 g/mol. The summed E-state index contributed by atoms with van der Waals surface area (Å²) in [6.07, 6.45) is -4.43. The zero-order valence-corrected chi connectivity index (χ0v) is 11.7. The van der Waals surface area contributed by atoms with Crippen LogP contribution in [0.4, 0.5) is 13.2 Å². The molecule has 0 radical (unpaired) electrons. The first-order valence-electron chi connectivity index (χ1n) is 5.99. The van der Waals surface area contributed by atoms with Crippen molar-refractivity contribution in [1.82, 2.24) is 4.90 Å². The number of alkyl halides is 3. The Morgan fingerprint density at radius 2 is 2.00 bits per heavy atom. The molecule has 1 amide bonds. The third-order valence-corrected chi connectivity index (χ3v) is 2.91. The van der Waals surface area contributed by atoms with E-state index in [1.165, 1.54) is 4.90 Å². The molecule has 0 saturated heterocycles. The lowest BCUT2D eigenvalue weighted by Crippen LogP contribution is -2.34. The van der Waals surface area contributed by atoms with Crippen molar-refractivity contribution < 1.29 is 22.7 Å². The lowest BCUT2D eigenvalue weighted by Gasteiger charge is -2.21. The van der Waals surface area contributed by atoms with E-state index in [1.807, 2.05) is 0 Å². The molecule has 0 aromatic heterocycles. The maximum atomic E-state index is 11.9. The summed E-state index contributed by atoms with van der Waals surface area (Å²) in [4.78, 5) is 13.2. The van der Waals surface area contributed by atoms with E-state index >= 15 is 0 Å². The molecule has 0 spiro atoms. The summed E-state index contributed by atoms with van der Waals surface area (Å²) in [7, 11) is 0. The SMILES string of the molecule is CCN(Cc1ccccc1Cl)C(=O)COCC(F)(F)F. The van der Waals surface area contributed by atoms with Crippen molar-refractivity contribution in [1.29, 1.82) is 0 Å². The minimum Gasteiger partial charge on any atom is -0.362 e. The number of rotatable bonds is 6. The summed E-state index contributed by atoms with van der Waals surface area (Å²) in [5, 5.41) is 0.509. The molecule has 0 aliphatic heterocycles. The van der Waals surface area contributed by atoms with Crippen LogP contribution < -0.4 is 0 Å². The highest BCUT2D eigenvalue weighted by atomic mass is 35.5.